The average molecular weight is 377 g/mol. The van der Waals surface area contributed by atoms with Gasteiger partial charge < -0.3 is 9.47 Å². The van der Waals surface area contributed by atoms with Crippen LogP contribution >= 0.6 is 0 Å². The number of hydrogen-bond donors (Lipinski definition) is 1. The van der Waals surface area contributed by atoms with E-state index in [1.807, 2.05) is 50.2 Å². The van der Waals surface area contributed by atoms with Gasteiger partial charge in [-0.1, -0.05) is 18.2 Å². The van der Waals surface area contributed by atoms with Crippen LogP contribution in [-0.2, 0) is 14.4 Å². The quantitative estimate of drug-likeness (QED) is 0.643. The average Bonchev–Trinajstić information content (AvgIpc) is 3.38. The lowest BCUT2D eigenvalue weighted by Crippen LogP contribution is -2.45. The van der Waals surface area contributed by atoms with Crippen LogP contribution in [0.1, 0.15) is 36.2 Å². The molecule has 1 N–H and O–H groups in total. The topological polar surface area (TPSA) is 71.4 Å². The number of rotatable bonds is 5. The fourth-order valence-electron chi connectivity index (χ4n) is 3.88. The fourth-order valence-corrected chi connectivity index (χ4v) is 3.88. The van der Waals surface area contributed by atoms with Crippen LogP contribution in [0.5, 0.6) is 0 Å². The minimum absolute atomic E-state index is 0.0514. The normalized spacial score (nSPS) is 19.3. The molecule has 1 aromatic heterocycles. The first-order valence-corrected chi connectivity index (χ1v) is 9.54. The first-order valence-electron chi connectivity index (χ1n) is 9.54. The number of nitrogens with one attached hydrogen (secondary N) is 1. The first-order chi connectivity index (χ1) is 13.5. The molecule has 1 saturated carbocycles. The summed E-state index contributed by atoms with van der Waals surface area (Å²) in [6.45, 7) is 4.05. The highest BCUT2D eigenvalue weighted by molar-refractivity contribution is 6.08. The molecule has 1 unspecified atom stereocenters. The van der Waals surface area contributed by atoms with E-state index in [0.717, 1.165) is 35.5 Å². The van der Waals surface area contributed by atoms with E-state index in [9.17, 15) is 14.4 Å². The standard InChI is InChI=1S/C22H23N3O3/c1-14-12-16(15(2)24(14)17-6-4-3-5-7-17)8-11-21(27)25(18-9-10-18)19-13-20(26)23-22(19)28/h3-8,11-12,18-19H,9-10,13H2,1-2H3,(H,23,26,28)/b11-8+. The summed E-state index contributed by atoms with van der Waals surface area (Å²) in [5.41, 5.74) is 4.15. The summed E-state index contributed by atoms with van der Waals surface area (Å²) >= 11 is 0. The third kappa shape index (κ3) is 3.38. The van der Waals surface area contributed by atoms with Gasteiger partial charge in [0.15, 0.2) is 0 Å². The van der Waals surface area contributed by atoms with E-state index in [1.54, 1.807) is 11.0 Å². The van der Waals surface area contributed by atoms with Crippen LogP contribution in [0.25, 0.3) is 11.8 Å². The molecule has 1 aliphatic heterocycles. The van der Waals surface area contributed by atoms with Gasteiger partial charge in [-0.05, 0) is 56.5 Å². The second-order valence-electron chi connectivity index (χ2n) is 7.44. The Kier molecular flexibility index (Phi) is 4.63. The molecular formula is C22H23N3O3. The maximum Gasteiger partial charge on any atom is 0.249 e. The van der Waals surface area contributed by atoms with Gasteiger partial charge in [0.1, 0.15) is 6.04 Å². The van der Waals surface area contributed by atoms with Gasteiger partial charge in [0, 0.05) is 29.2 Å². The minimum atomic E-state index is -0.686. The molecule has 2 aromatic rings. The molecule has 1 saturated heterocycles. The van der Waals surface area contributed by atoms with E-state index in [0.29, 0.717) is 0 Å². The second kappa shape index (κ2) is 7.11. The molecule has 28 heavy (non-hydrogen) atoms. The van der Waals surface area contributed by atoms with Gasteiger partial charge in [-0.15, -0.1) is 0 Å². The monoisotopic (exact) mass is 377 g/mol. The van der Waals surface area contributed by atoms with Gasteiger partial charge in [-0.2, -0.15) is 0 Å². The molecule has 0 radical (unpaired) electrons. The van der Waals surface area contributed by atoms with Crippen LogP contribution in [0, 0.1) is 13.8 Å². The molecule has 1 aromatic carbocycles. The highest BCUT2D eigenvalue weighted by Crippen LogP contribution is 2.31. The number of benzene rings is 1. The number of para-hydroxylation sites is 1. The summed E-state index contributed by atoms with van der Waals surface area (Å²) in [6, 6.07) is 11.5. The van der Waals surface area contributed by atoms with Crippen molar-refractivity contribution >= 4 is 23.8 Å². The predicted molar refractivity (Wildman–Crippen MR) is 106 cm³/mol. The molecule has 0 spiro atoms. The summed E-state index contributed by atoms with van der Waals surface area (Å²) in [5, 5.41) is 2.30. The summed E-state index contributed by atoms with van der Waals surface area (Å²) in [7, 11) is 0. The first kappa shape index (κ1) is 18.2. The van der Waals surface area contributed by atoms with E-state index >= 15 is 0 Å². The Morgan fingerprint density at radius 2 is 1.89 bits per heavy atom. The van der Waals surface area contributed by atoms with Crippen LogP contribution < -0.4 is 5.32 Å². The van der Waals surface area contributed by atoms with Gasteiger partial charge in [0.05, 0.1) is 6.42 Å². The third-order valence-corrected chi connectivity index (χ3v) is 5.36. The Bertz CT molecular complexity index is 970. The van der Waals surface area contributed by atoms with Crippen LogP contribution in [0.2, 0.25) is 0 Å². The molecule has 1 aliphatic carbocycles. The van der Waals surface area contributed by atoms with Crippen molar-refractivity contribution < 1.29 is 14.4 Å². The molecule has 2 fully saturated rings. The molecule has 2 aliphatic rings. The van der Waals surface area contributed by atoms with Crippen LogP contribution in [-0.4, -0.2) is 39.3 Å². The molecule has 6 heteroatoms. The largest absolute Gasteiger partial charge is 0.324 e. The lowest BCUT2D eigenvalue weighted by molar-refractivity contribution is -0.135. The highest BCUT2D eigenvalue weighted by atomic mass is 16.2. The van der Waals surface area contributed by atoms with Crippen LogP contribution in [0.4, 0.5) is 0 Å². The van der Waals surface area contributed by atoms with Crippen molar-refractivity contribution in [2.24, 2.45) is 0 Å². The van der Waals surface area contributed by atoms with E-state index in [2.05, 4.69) is 9.88 Å². The minimum Gasteiger partial charge on any atom is -0.324 e. The molecule has 6 nitrogen and oxygen atoms in total. The van der Waals surface area contributed by atoms with Crippen molar-refractivity contribution in [2.75, 3.05) is 0 Å². The highest BCUT2D eigenvalue weighted by Gasteiger charge is 2.43. The lowest BCUT2D eigenvalue weighted by Gasteiger charge is -2.25. The summed E-state index contributed by atoms with van der Waals surface area (Å²) in [6.07, 6.45) is 5.12. The van der Waals surface area contributed by atoms with Crippen molar-refractivity contribution in [2.45, 2.75) is 45.2 Å². The smallest absolute Gasteiger partial charge is 0.249 e. The number of aromatic nitrogens is 1. The Morgan fingerprint density at radius 3 is 2.50 bits per heavy atom. The SMILES string of the molecule is Cc1cc(/C=C/C(=O)N(C2CC2)C2CC(=O)NC2=O)c(C)n1-c1ccccc1. The number of imide groups is 1. The molecular weight excluding hydrogens is 354 g/mol. The molecule has 4 rings (SSSR count). The molecule has 1 atom stereocenters. The third-order valence-electron chi connectivity index (χ3n) is 5.36. The Morgan fingerprint density at radius 1 is 1.18 bits per heavy atom. The van der Waals surface area contributed by atoms with Crippen LogP contribution in [0.15, 0.2) is 42.5 Å². The Balaban J connectivity index is 1.58. The molecule has 144 valence electrons. The number of carbonyl (C=O) groups excluding carboxylic acids is 3. The zero-order valence-electron chi connectivity index (χ0n) is 16.0. The summed E-state index contributed by atoms with van der Waals surface area (Å²) < 4.78 is 2.14. The summed E-state index contributed by atoms with van der Waals surface area (Å²) in [5.74, 6) is -0.911. The van der Waals surface area contributed by atoms with Crippen molar-refractivity contribution in [3.8, 4) is 5.69 Å². The molecule has 3 amide bonds. The van der Waals surface area contributed by atoms with Crippen molar-refractivity contribution in [1.82, 2.24) is 14.8 Å². The zero-order chi connectivity index (χ0) is 19.8. The fraction of sp³-hybridized carbons (Fsp3) is 0.318. The molecule has 2 heterocycles. The van der Waals surface area contributed by atoms with Crippen molar-refractivity contribution in [3.05, 3.63) is 59.4 Å². The summed E-state index contributed by atoms with van der Waals surface area (Å²) in [4.78, 5) is 38.0. The van der Waals surface area contributed by atoms with E-state index in [-0.39, 0.29) is 30.2 Å². The van der Waals surface area contributed by atoms with E-state index in [1.165, 1.54) is 6.08 Å². The van der Waals surface area contributed by atoms with Gasteiger partial charge in [0.2, 0.25) is 17.7 Å². The Hall–Kier alpha value is -3.15. The van der Waals surface area contributed by atoms with Gasteiger partial charge >= 0.3 is 0 Å². The van der Waals surface area contributed by atoms with Crippen molar-refractivity contribution in [1.29, 1.82) is 0 Å². The number of carbonyl (C=O) groups is 3. The van der Waals surface area contributed by atoms with Gasteiger partial charge in [-0.3, -0.25) is 19.7 Å². The number of nitrogens with zero attached hydrogens (tertiary/aromatic N) is 2. The maximum atomic E-state index is 12.9. The van der Waals surface area contributed by atoms with Crippen molar-refractivity contribution in [3.63, 3.8) is 0 Å². The zero-order valence-corrected chi connectivity index (χ0v) is 16.0. The number of aryl methyl sites for hydroxylation is 1. The van der Waals surface area contributed by atoms with E-state index in [4.69, 9.17) is 0 Å². The van der Waals surface area contributed by atoms with E-state index < -0.39 is 6.04 Å². The molecule has 0 bridgehead atoms. The number of amides is 3. The number of hydrogen-bond acceptors (Lipinski definition) is 3. The lowest BCUT2D eigenvalue weighted by atomic mass is 10.1. The maximum absolute atomic E-state index is 12.9. The predicted octanol–water partition coefficient (Wildman–Crippen LogP) is 2.51. The second-order valence-corrected chi connectivity index (χ2v) is 7.44. The Labute approximate surface area is 163 Å². The van der Waals surface area contributed by atoms with Gasteiger partial charge in [0.25, 0.3) is 0 Å². The van der Waals surface area contributed by atoms with Crippen LogP contribution in [0.3, 0.4) is 0 Å². The van der Waals surface area contributed by atoms with Gasteiger partial charge in [-0.25, -0.2) is 0 Å².